The van der Waals surface area contributed by atoms with Crippen molar-refractivity contribution in [1.82, 2.24) is 14.8 Å². The molecule has 0 unspecified atom stereocenters. The predicted molar refractivity (Wildman–Crippen MR) is 85.9 cm³/mol. The minimum atomic E-state index is 0.0191. The van der Waals surface area contributed by atoms with E-state index in [1.807, 2.05) is 4.90 Å². The third kappa shape index (κ3) is 3.14. The van der Waals surface area contributed by atoms with Crippen LogP contribution in [-0.2, 0) is 5.41 Å². The molecule has 0 aliphatic carbocycles. The number of amides is 1. The highest BCUT2D eigenvalue weighted by atomic mass is 32.1. The summed E-state index contributed by atoms with van der Waals surface area (Å²) in [4.78, 5) is 22.5. The minimum Gasteiger partial charge on any atom is -0.335 e. The molecule has 2 aliphatic heterocycles. The zero-order valence-electron chi connectivity index (χ0n) is 13.3. The van der Waals surface area contributed by atoms with E-state index in [0.717, 1.165) is 29.5 Å². The monoisotopic (exact) mass is 307 g/mol. The Morgan fingerprint density at radius 1 is 1.29 bits per heavy atom. The fourth-order valence-electron chi connectivity index (χ4n) is 3.22. The van der Waals surface area contributed by atoms with Crippen LogP contribution < -0.4 is 0 Å². The number of thiazole rings is 1. The van der Waals surface area contributed by atoms with Gasteiger partial charge in [0.15, 0.2) is 0 Å². The van der Waals surface area contributed by atoms with Crippen molar-refractivity contribution in [1.29, 1.82) is 0 Å². The molecule has 2 aliphatic rings. The highest BCUT2D eigenvalue weighted by Crippen LogP contribution is 2.28. The van der Waals surface area contributed by atoms with E-state index in [2.05, 4.69) is 30.7 Å². The number of piperidine rings is 1. The Morgan fingerprint density at radius 3 is 2.81 bits per heavy atom. The van der Waals surface area contributed by atoms with E-state index in [0.29, 0.717) is 6.04 Å². The van der Waals surface area contributed by atoms with Crippen LogP contribution in [0.25, 0.3) is 0 Å². The van der Waals surface area contributed by atoms with Crippen LogP contribution in [-0.4, -0.2) is 52.9 Å². The lowest BCUT2D eigenvalue weighted by molar-refractivity contribution is 0.0376. The van der Waals surface area contributed by atoms with E-state index in [1.165, 1.54) is 25.8 Å². The summed E-state index contributed by atoms with van der Waals surface area (Å²) < 4.78 is 0. The van der Waals surface area contributed by atoms with Crippen molar-refractivity contribution in [3.05, 3.63) is 16.1 Å². The molecule has 1 aromatic rings. The molecule has 116 valence electrons. The molecule has 21 heavy (non-hydrogen) atoms. The second-order valence-corrected chi connectivity index (χ2v) is 8.25. The van der Waals surface area contributed by atoms with Gasteiger partial charge in [0.05, 0.1) is 11.2 Å². The maximum atomic E-state index is 12.7. The topological polar surface area (TPSA) is 36.4 Å². The minimum absolute atomic E-state index is 0.0191. The van der Waals surface area contributed by atoms with Gasteiger partial charge in [0, 0.05) is 31.1 Å². The number of carbonyl (C=O) groups excluding carboxylic acids is 1. The van der Waals surface area contributed by atoms with Gasteiger partial charge in [0.25, 0.3) is 5.91 Å². The van der Waals surface area contributed by atoms with Crippen molar-refractivity contribution in [2.45, 2.75) is 51.5 Å². The van der Waals surface area contributed by atoms with E-state index in [1.54, 1.807) is 17.5 Å². The van der Waals surface area contributed by atoms with Gasteiger partial charge in [-0.25, -0.2) is 4.98 Å². The summed E-state index contributed by atoms with van der Waals surface area (Å²) in [5.41, 5.74) is 0.0191. The zero-order valence-corrected chi connectivity index (χ0v) is 14.1. The van der Waals surface area contributed by atoms with Crippen LogP contribution in [0.3, 0.4) is 0 Å². The molecule has 2 fully saturated rings. The molecule has 3 rings (SSSR count). The Balaban J connectivity index is 1.69. The van der Waals surface area contributed by atoms with Crippen molar-refractivity contribution in [2.24, 2.45) is 0 Å². The van der Waals surface area contributed by atoms with Crippen LogP contribution >= 0.6 is 11.3 Å². The first-order valence-electron chi connectivity index (χ1n) is 7.95. The molecule has 1 aromatic heterocycles. The van der Waals surface area contributed by atoms with Crippen LogP contribution in [0.15, 0.2) is 6.20 Å². The second kappa shape index (κ2) is 5.69. The van der Waals surface area contributed by atoms with Gasteiger partial charge in [-0.1, -0.05) is 27.2 Å². The number of piperazine rings is 1. The van der Waals surface area contributed by atoms with Gasteiger partial charge in [-0.2, -0.15) is 0 Å². The molecule has 2 saturated heterocycles. The van der Waals surface area contributed by atoms with E-state index >= 15 is 0 Å². The van der Waals surface area contributed by atoms with E-state index < -0.39 is 0 Å². The van der Waals surface area contributed by atoms with Gasteiger partial charge < -0.3 is 4.90 Å². The van der Waals surface area contributed by atoms with Crippen LogP contribution in [0.2, 0.25) is 0 Å². The molecular weight excluding hydrogens is 282 g/mol. The molecule has 4 nitrogen and oxygen atoms in total. The maximum Gasteiger partial charge on any atom is 0.265 e. The largest absolute Gasteiger partial charge is 0.335 e. The third-order valence-corrected chi connectivity index (χ3v) is 5.89. The summed E-state index contributed by atoms with van der Waals surface area (Å²) in [5, 5.41) is 1.04. The molecular formula is C16H25N3OS. The number of fused-ring (bicyclic) bond motifs is 1. The van der Waals surface area contributed by atoms with Gasteiger partial charge >= 0.3 is 0 Å². The fraction of sp³-hybridized carbons (Fsp3) is 0.750. The van der Waals surface area contributed by atoms with E-state index in [-0.39, 0.29) is 11.3 Å². The van der Waals surface area contributed by atoms with Crippen molar-refractivity contribution in [2.75, 3.05) is 26.2 Å². The molecule has 0 saturated carbocycles. The summed E-state index contributed by atoms with van der Waals surface area (Å²) >= 11 is 1.56. The predicted octanol–water partition coefficient (Wildman–Crippen LogP) is 2.75. The van der Waals surface area contributed by atoms with Crippen molar-refractivity contribution < 1.29 is 4.79 Å². The zero-order chi connectivity index (χ0) is 15.0. The number of hydrogen-bond acceptors (Lipinski definition) is 4. The van der Waals surface area contributed by atoms with Gasteiger partial charge in [0.1, 0.15) is 4.88 Å². The summed E-state index contributed by atoms with van der Waals surface area (Å²) in [5.74, 6) is 0.174. The molecule has 0 aromatic carbocycles. The standard InChI is InChI=1S/C16H25N3OS/c1-16(2,3)15-17-10-13(21-15)14(20)19-9-8-18-7-5-4-6-12(18)11-19/h10,12H,4-9,11H2,1-3H3/t12-/m1/s1. The third-order valence-electron chi connectivity index (χ3n) is 4.48. The van der Waals surface area contributed by atoms with Gasteiger partial charge in [-0.3, -0.25) is 9.69 Å². The van der Waals surface area contributed by atoms with Crippen LogP contribution in [0.1, 0.15) is 54.7 Å². The lowest BCUT2D eigenvalue weighted by atomic mass is 9.98. The fourth-order valence-corrected chi connectivity index (χ4v) is 4.16. The molecule has 1 atom stereocenters. The van der Waals surface area contributed by atoms with Gasteiger partial charge in [-0.05, 0) is 19.4 Å². The second-order valence-electron chi connectivity index (χ2n) is 7.22. The number of nitrogens with zero attached hydrogens (tertiary/aromatic N) is 3. The summed E-state index contributed by atoms with van der Waals surface area (Å²) in [6.07, 6.45) is 5.62. The first-order chi connectivity index (χ1) is 9.95. The van der Waals surface area contributed by atoms with E-state index in [4.69, 9.17) is 0 Å². The van der Waals surface area contributed by atoms with Gasteiger partial charge in [0.2, 0.25) is 0 Å². The first-order valence-corrected chi connectivity index (χ1v) is 8.76. The Morgan fingerprint density at radius 2 is 2.10 bits per heavy atom. The average Bonchev–Trinajstić information content (AvgIpc) is 2.96. The molecule has 0 N–H and O–H groups in total. The first kappa shape index (κ1) is 15.0. The van der Waals surface area contributed by atoms with Crippen LogP contribution in [0.5, 0.6) is 0 Å². The molecule has 0 bridgehead atoms. The molecule has 0 radical (unpaired) electrons. The Kier molecular flexibility index (Phi) is 4.06. The van der Waals surface area contributed by atoms with Crippen LogP contribution in [0.4, 0.5) is 0 Å². The molecule has 1 amide bonds. The molecule has 0 spiro atoms. The summed E-state index contributed by atoms with van der Waals surface area (Å²) in [6, 6.07) is 0.575. The maximum absolute atomic E-state index is 12.7. The number of aromatic nitrogens is 1. The lowest BCUT2D eigenvalue weighted by Gasteiger charge is -2.43. The van der Waals surface area contributed by atoms with Crippen molar-refractivity contribution in [3.63, 3.8) is 0 Å². The Bertz CT molecular complexity index is 520. The molecule has 5 heteroatoms. The number of carbonyl (C=O) groups is 1. The Labute approximate surface area is 131 Å². The highest BCUT2D eigenvalue weighted by molar-refractivity contribution is 7.13. The smallest absolute Gasteiger partial charge is 0.265 e. The quantitative estimate of drug-likeness (QED) is 0.800. The lowest BCUT2D eigenvalue weighted by Crippen LogP contribution is -2.56. The summed E-state index contributed by atoms with van der Waals surface area (Å²) in [7, 11) is 0. The Hall–Kier alpha value is -0.940. The van der Waals surface area contributed by atoms with E-state index in [9.17, 15) is 4.79 Å². The SMILES string of the molecule is CC(C)(C)c1ncc(C(=O)N2CCN3CCCC[C@@H]3C2)s1. The number of hydrogen-bond donors (Lipinski definition) is 0. The van der Waals surface area contributed by atoms with Crippen molar-refractivity contribution in [3.8, 4) is 0 Å². The van der Waals surface area contributed by atoms with Crippen molar-refractivity contribution >= 4 is 17.2 Å². The average molecular weight is 307 g/mol. The highest BCUT2D eigenvalue weighted by Gasteiger charge is 2.32. The number of rotatable bonds is 1. The van der Waals surface area contributed by atoms with Crippen LogP contribution in [0, 0.1) is 0 Å². The summed E-state index contributed by atoms with van der Waals surface area (Å²) in [6.45, 7) is 10.4. The molecule has 3 heterocycles. The normalized spacial score (nSPS) is 24.0. The van der Waals surface area contributed by atoms with Gasteiger partial charge in [-0.15, -0.1) is 11.3 Å².